The lowest BCUT2D eigenvalue weighted by atomic mass is 10.1. The van der Waals surface area contributed by atoms with Crippen LogP contribution >= 0.6 is 0 Å². The first-order chi connectivity index (χ1) is 8.47. The highest BCUT2D eigenvalue weighted by Gasteiger charge is 2.07. The number of hydrogen-bond acceptors (Lipinski definition) is 3. The largest absolute Gasteiger partial charge is 0.427 e. The molecular formula is C15H20O3. The average Bonchev–Trinajstić information content (AvgIpc) is 2.26. The fourth-order valence-electron chi connectivity index (χ4n) is 1.55. The highest BCUT2D eigenvalue weighted by atomic mass is 16.5. The number of benzene rings is 1. The van der Waals surface area contributed by atoms with Gasteiger partial charge in [0.1, 0.15) is 11.5 Å². The number of ketones is 1. The van der Waals surface area contributed by atoms with Gasteiger partial charge in [-0.05, 0) is 37.0 Å². The summed E-state index contributed by atoms with van der Waals surface area (Å²) in [5.74, 6) is 0.837. The van der Waals surface area contributed by atoms with Crippen LogP contribution in [0.4, 0.5) is 0 Å². The van der Waals surface area contributed by atoms with Gasteiger partial charge in [0.05, 0.1) is 0 Å². The smallest absolute Gasteiger partial charge is 0.311 e. The predicted molar refractivity (Wildman–Crippen MR) is 70.5 cm³/mol. The molecule has 0 radical (unpaired) electrons. The summed E-state index contributed by atoms with van der Waals surface area (Å²) in [6.45, 7) is 5.54. The number of carbonyl (C=O) groups excluding carboxylic acids is 2. The number of hydrogen-bond donors (Lipinski definition) is 0. The van der Waals surface area contributed by atoms with Gasteiger partial charge in [-0.2, -0.15) is 0 Å². The molecule has 98 valence electrons. The van der Waals surface area contributed by atoms with Crippen molar-refractivity contribution in [3.05, 3.63) is 29.8 Å². The normalized spacial score (nSPS) is 10.4. The van der Waals surface area contributed by atoms with Crippen LogP contribution in [0.15, 0.2) is 24.3 Å². The summed E-state index contributed by atoms with van der Waals surface area (Å²) in [4.78, 5) is 22.3. The Balaban J connectivity index is 2.49. The van der Waals surface area contributed by atoms with E-state index in [-0.39, 0.29) is 11.8 Å². The first-order valence-electron chi connectivity index (χ1n) is 6.26. The summed E-state index contributed by atoms with van der Waals surface area (Å²) >= 11 is 0. The van der Waals surface area contributed by atoms with Crippen LogP contribution in [-0.4, -0.2) is 11.8 Å². The Morgan fingerprint density at radius 2 is 1.78 bits per heavy atom. The maximum absolute atomic E-state index is 11.5. The Labute approximate surface area is 108 Å². The van der Waals surface area contributed by atoms with Crippen LogP contribution < -0.4 is 4.74 Å². The van der Waals surface area contributed by atoms with Crippen molar-refractivity contribution >= 4 is 11.8 Å². The summed E-state index contributed by atoms with van der Waals surface area (Å²) in [7, 11) is 0. The highest BCUT2D eigenvalue weighted by Crippen LogP contribution is 2.15. The molecule has 0 N–H and O–H groups in total. The number of aryl methyl sites for hydroxylation is 1. The Kier molecular flexibility index (Phi) is 5.56. The van der Waals surface area contributed by atoms with Crippen molar-refractivity contribution in [2.24, 2.45) is 5.92 Å². The van der Waals surface area contributed by atoms with Crippen molar-refractivity contribution in [2.45, 2.75) is 40.0 Å². The van der Waals surface area contributed by atoms with E-state index in [1.807, 2.05) is 26.0 Å². The molecule has 0 saturated heterocycles. The zero-order chi connectivity index (χ0) is 13.5. The van der Waals surface area contributed by atoms with Crippen LogP contribution in [0.25, 0.3) is 0 Å². The minimum absolute atomic E-state index is 0.183. The molecule has 0 aliphatic carbocycles. The molecule has 0 fully saturated rings. The molecule has 0 saturated carbocycles. The molecule has 3 heteroatoms. The summed E-state index contributed by atoms with van der Waals surface area (Å²) in [5.41, 5.74) is 1.08. The van der Waals surface area contributed by atoms with Gasteiger partial charge in [-0.25, -0.2) is 0 Å². The Morgan fingerprint density at radius 1 is 1.17 bits per heavy atom. The summed E-state index contributed by atoms with van der Waals surface area (Å²) in [6, 6.07) is 7.32. The second kappa shape index (κ2) is 6.94. The second-order valence-electron chi connectivity index (χ2n) is 4.92. The van der Waals surface area contributed by atoms with Crippen LogP contribution in [0.3, 0.4) is 0 Å². The van der Waals surface area contributed by atoms with Gasteiger partial charge in [0.25, 0.3) is 0 Å². The molecule has 1 aromatic rings. The third-order valence-corrected chi connectivity index (χ3v) is 2.50. The van der Waals surface area contributed by atoms with Gasteiger partial charge in [-0.15, -0.1) is 0 Å². The van der Waals surface area contributed by atoms with E-state index in [9.17, 15) is 9.59 Å². The highest BCUT2D eigenvalue weighted by molar-refractivity contribution is 5.75. The number of rotatable bonds is 6. The third-order valence-electron chi connectivity index (χ3n) is 2.50. The molecule has 3 nitrogen and oxygen atoms in total. The van der Waals surface area contributed by atoms with Gasteiger partial charge >= 0.3 is 5.97 Å². The molecule has 0 bridgehead atoms. The zero-order valence-corrected chi connectivity index (χ0v) is 11.2. The second-order valence-corrected chi connectivity index (χ2v) is 4.92. The van der Waals surface area contributed by atoms with Crippen LogP contribution in [0, 0.1) is 5.92 Å². The Bertz CT molecular complexity index is 404. The van der Waals surface area contributed by atoms with Gasteiger partial charge in [-0.3, -0.25) is 4.79 Å². The number of ether oxygens (including phenoxy) is 1. The van der Waals surface area contributed by atoms with E-state index in [1.165, 1.54) is 0 Å². The monoisotopic (exact) mass is 248 g/mol. The van der Waals surface area contributed by atoms with E-state index < -0.39 is 0 Å². The van der Waals surface area contributed by atoms with Gasteiger partial charge in [-0.1, -0.05) is 26.0 Å². The van der Waals surface area contributed by atoms with Crippen LogP contribution in [0.5, 0.6) is 5.75 Å². The fourth-order valence-corrected chi connectivity index (χ4v) is 1.55. The van der Waals surface area contributed by atoms with E-state index in [0.29, 0.717) is 24.5 Å². The zero-order valence-electron chi connectivity index (χ0n) is 11.2. The molecule has 0 aromatic heterocycles. The number of Topliss-reactive ketones (excluding diaryl/α,β-unsaturated/α-hetero) is 1. The molecule has 18 heavy (non-hydrogen) atoms. The average molecular weight is 248 g/mol. The topological polar surface area (TPSA) is 43.4 Å². The standard InChI is InChI=1S/C15H20O3/c1-11(2)10-15(17)18-14-8-6-13(7-9-14)5-4-12(3)16/h6-9,11H,4-5,10H2,1-3H3. The van der Waals surface area contributed by atoms with Gasteiger partial charge in [0, 0.05) is 12.8 Å². The lowest BCUT2D eigenvalue weighted by Gasteiger charge is -2.07. The van der Waals surface area contributed by atoms with E-state index in [1.54, 1.807) is 19.1 Å². The summed E-state index contributed by atoms with van der Waals surface area (Å²) < 4.78 is 5.20. The first-order valence-corrected chi connectivity index (χ1v) is 6.26. The Hall–Kier alpha value is -1.64. The van der Waals surface area contributed by atoms with Gasteiger partial charge in [0.2, 0.25) is 0 Å². The SMILES string of the molecule is CC(=O)CCc1ccc(OC(=O)CC(C)C)cc1. The van der Waals surface area contributed by atoms with E-state index >= 15 is 0 Å². The molecule has 1 aromatic carbocycles. The molecule has 0 aliphatic rings. The van der Waals surface area contributed by atoms with Crippen molar-refractivity contribution in [2.75, 3.05) is 0 Å². The first kappa shape index (κ1) is 14.4. The molecule has 1 rings (SSSR count). The van der Waals surface area contributed by atoms with Crippen LogP contribution in [0.2, 0.25) is 0 Å². The molecule has 0 atom stereocenters. The molecular weight excluding hydrogens is 228 g/mol. The molecule has 0 aliphatic heterocycles. The quantitative estimate of drug-likeness (QED) is 0.573. The van der Waals surface area contributed by atoms with E-state index in [2.05, 4.69) is 0 Å². The van der Waals surface area contributed by atoms with Crippen molar-refractivity contribution in [1.29, 1.82) is 0 Å². The Morgan fingerprint density at radius 3 is 2.28 bits per heavy atom. The maximum Gasteiger partial charge on any atom is 0.311 e. The van der Waals surface area contributed by atoms with Crippen LogP contribution in [0.1, 0.15) is 39.2 Å². The van der Waals surface area contributed by atoms with Gasteiger partial charge < -0.3 is 9.53 Å². The van der Waals surface area contributed by atoms with Crippen molar-refractivity contribution in [3.63, 3.8) is 0 Å². The van der Waals surface area contributed by atoms with Crippen LogP contribution in [-0.2, 0) is 16.0 Å². The third kappa shape index (κ3) is 5.62. The fraction of sp³-hybridized carbons (Fsp3) is 0.467. The number of esters is 1. The lowest BCUT2D eigenvalue weighted by Crippen LogP contribution is -2.10. The van der Waals surface area contributed by atoms with E-state index in [0.717, 1.165) is 12.0 Å². The maximum atomic E-state index is 11.5. The summed E-state index contributed by atoms with van der Waals surface area (Å²) in [6.07, 6.45) is 1.70. The molecule has 0 heterocycles. The molecule has 0 unspecified atom stereocenters. The molecule has 0 spiro atoms. The summed E-state index contributed by atoms with van der Waals surface area (Å²) in [5, 5.41) is 0. The van der Waals surface area contributed by atoms with E-state index in [4.69, 9.17) is 4.74 Å². The molecule has 0 amide bonds. The van der Waals surface area contributed by atoms with Crippen molar-refractivity contribution in [3.8, 4) is 5.75 Å². The minimum Gasteiger partial charge on any atom is -0.427 e. The minimum atomic E-state index is -0.207. The van der Waals surface area contributed by atoms with Crippen molar-refractivity contribution < 1.29 is 14.3 Å². The number of carbonyl (C=O) groups is 2. The van der Waals surface area contributed by atoms with Gasteiger partial charge in [0.15, 0.2) is 0 Å². The predicted octanol–water partition coefficient (Wildman–Crippen LogP) is 3.16. The van der Waals surface area contributed by atoms with Crippen molar-refractivity contribution in [1.82, 2.24) is 0 Å². The lowest BCUT2D eigenvalue weighted by molar-refractivity contribution is -0.135.